The average Bonchev–Trinajstić information content (AvgIpc) is 3.30. The number of aromatic nitrogens is 1. The van der Waals surface area contributed by atoms with Crippen LogP contribution in [0.3, 0.4) is 0 Å². The zero-order valence-corrected chi connectivity index (χ0v) is 13.5. The van der Waals surface area contributed by atoms with Crippen molar-refractivity contribution in [1.82, 2.24) is 10.3 Å². The maximum Gasteiger partial charge on any atom is 0.271 e. The molecule has 0 unspecified atom stereocenters. The Bertz CT molecular complexity index is 857. The third-order valence-corrected chi connectivity index (χ3v) is 4.39. The highest BCUT2D eigenvalue weighted by Crippen LogP contribution is 2.30. The summed E-state index contributed by atoms with van der Waals surface area (Å²) in [7, 11) is 0. The fourth-order valence-corrected chi connectivity index (χ4v) is 3.13. The van der Waals surface area contributed by atoms with Crippen LogP contribution >= 0.6 is 11.3 Å². The van der Waals surface area contributed by atoms with Crippen LogP contribution in [-0.4, -0.2) is 24.1 Å². The standard InChI is InChI=1S/C17H14N2O4S/c20-16(12-10-24-17(19-12)14-2-1-5-21-14)18-9-11-3-4-13-15(8-11)23-7-6-22-13/h1-5,8,10H,6-7,9H2,(H,18,20). The van der Waals surface area contributed by atoms with E-state index >= 15 is 0 Å². The van der Waals surface area contributed by atoms with E-state index in [2.05, 4.69) is 10.3 Å². The second kappa shape index (κ2) is 6.37. The van der Waals surface area contributed by atoms with Crippen molar-refractivity contribution in [3.05, 3.63) is 53.2 Å². The highest BCUT2D eigenvalue weighted by Gasteiger charge is 2.15. The molecule has 0 atom stereocenters. The molecule has 3 heterocycles. The first-order chi connectivity index (χ1) is 11.8. The Labute approximate surface area is 142 Å². The number of nitrogens with zero attached hydrogens (tertiary/aromatic N) is 1. The van der Waals surface area contributed by atoms with E-state index < -0.39 is 0 Å². The molecule has 0 saturated carbocycles. The van der Waals surface area contributed by atoms with Gasteiger partial charge in [0.15, 0.2) is 22.3 Å². The molecule has 0 saturated heterocycles. The van der Waals surface area contributed by atoms with Crippen molar-refractivity contribution in [3.63, 3.8) is 0 Å². The maximum atomic E-state index is 12.2. The molecule has 4 rings (SSSR count). The predicted octanol–water partition coefficient (Wildman–Crippen LogP) is 3.10. The second-order valence-electron chi connectivity index (χ2n) is 5.18. The van der Waals surface area contributed by atoms with Crippen molar-refractivity contribution in [2.45, 2.75) is 6.54 Å². The minimum absolute atomic E-state index is 0.223. The number of furan rings is 1. The van der Waals surface area contributed by atoms with Crippen molar-refractivity contribution >= 4 is 17.2 Å². The number of fused-ring (bicyclic) bond motifs is 1. The van der Waals surface area contributed by atoms with E-state index in [0.29, 0.717) is 42.0 Å². The summed E-state index contributed by atoms with van der Waals surface area (Å²) in [6.45, 7) is 1.49. The van der Waals surface area contributed by atoms with Gasteiger partial charge in [0.1, 0.15) is 18.9 Å². The molecule has 1 aliphatic heterocycles. The van der Waals surface area contributed by atoms with Gasteiger partial charge >= 0.3 is 0 Å². The van der Waals surface area contributed by atoms with Crippen LogP contribution in [0.25, 0.3) is 10.8 Å². The zero-order chi connectivity index (χ0) is 16.4. The summed E-state index contributed by atoms with van der Waals surface area (Å²) in [5.74, 6) is 1.88. The zero-order valence-electron chi connectivity index (χ0n) is 12.7. The molecule has 3 aromatic rings. The fourth-order valence-electron chi connectivity index (χ4n) is 2.36. The Balaban J connectivity index is 1.41. The second-order valence-corrected chi connectivity index (χ2v) is 6.03. The lowest BCUT2D eigenvalue weighted by Crippen LogP contribution is -2.23. The molecule has 1 N–H and O–H groups in total. The van der Waals surface area contributed by atoms with Crippen LogP contribution in [0.2, 0.25) is 0 Å². The molecule has 0 bridgehead atoms. The number of benzene rings is 1. The van der Waals surface area contributed by atoms with Crippen LogP contribution in [0.4, 0.5) is 0 Å². The van der Waals surface area contributed by atoms with Crippen LogP contribution in [0.15, 0.2) is 46.4 Å². The molecule has 2 aromatic heterocycles. The van der Waals surface area contributed by atoms with E-state index in [4.69, 9.17) is 13.9 Å². The van der Waals surface area contributed by atoms with Gasteiger partial charge in [-0.05, 0) is 29.8 Å². The number of carbonyl (C=O) groups excluding carboxylic acids is 1. The molecule has 1 amide bonds. The summed E-state index contributed by atoms with van der Waals surface area (Å²) in [5, 5.41) is 5.26. The number of hydrogen-bond acceptors (Lipinski definition) is 6. The lowest BCUT2D eigenvalue weighted by Gasteiger charge is -2.18. The fraction of sp³-hybridized carbons (Fsp3) is 0.176. The van der Waals surface area contributed by atoms with Crippen molar-refractivity contribution in [2.75, 3.05) is 13.2 Å². The Morgan fingerprint density at radius 3 is 2.92 bits per heavy atom. The van der Waals surface area contributed by atoms with Gasteiger partial charge in [0.2, 0.25) is 0 Å². The van der Waals surface area contributed by atoms with E-state index in [9.17, 15) is 4.79 Å². The van der Waals surface area contributed by atoms with Crippen LogP contribution in [0, 0.1) is 0 Å². The monoisotopic (exact) mass is 342 g/mol. The predicted molar refractivity (Wildman–Crippen MR) is 88.4 cm³/mol. The normalized spacial score (nSPS) is 12.8. The summed E-state index contributed by atoms with van der Waals surface area (Å²) >= 11 is 1.37. The molecule has 0 spiro atoms. The first-order valence-corrected chi connectivity index (χ1v) is 8.34. The average molecular weight is 342 g/mol. The van der Waals surface area contributed by atoms with Gasteiger partial charge in [0.05, 0.1) is 6.26 Å². The molecule has 1 aromatic carbocycles. The third-order valence-electron chi connectivity index (χ3n) is 3.53. The summed E-state index contributed by atoms with van der Waals surface area (Å²) in [6, 6.07) is 9.25. The van der Waals surface area contributed by atoms with Crippen molar-refractivity contribution in [3.8, 4) is 22.3 Å². The lowest BCUT2D eigenvalue weighted by atomic mass is 10.2. The molecular formula is C17H14N2O4S. The summed E-state index contributed by atoms with van der Waals surface area (Å²) in [4.78, 5) is 16.5. The van der Waals surface area contributed by atoms with Gasteiger partial charge in [0.25, 0.3) is 5.91 Å². The molecule has 1 aliphatic rings. The number of amides is 1. The Kier molecular flexibility index (Phi) is 3.92. The Morgan fingerprint density at radius 2 is 2.08 bits per heavy atom. The van der Waals surface area contributed by atoms with Crippen LogP contribution in [0.1, 0.15) is 16.1 Å². The summed E-state index contributed by atoms with van der Waals surface area (Å²) in [5.41, 5.74) is 1.32. The number of hydrogen-bond donors (Lipinski definition) is 1. The van der Waals surface area contributed by atoms with Gasteiger partial charge < -0.3 is 19.2 Å². The SMILES string of the molecule is O=C(NCc1ccc2c(c1)OCCO2)c1csc(-c2ccco2)n1. The highest BCUT2D eigenvalue weighted by atomic mass is 32.1. The first-order valence-electron chi connectivity index (χ1n) is 7.46. The molecule has 0 radical (unpaired) electrons. The highest BCUT2D eigenvalue weighted by molar-refractivity contribution is 7.13. The lowest BCUT2D eigenvalue weighted by molar-refractivity contribution is 0.0946. The molecule has 6 nitrogen and oxygen atoms in total. The molecule has 24 heavy (non-hydrogen) atoms. The van der Waals surface area contributed by atoms with Crippen molar-refractivity contribution in [2.24, 2.45) is 0 Å². The molecule has 7 heteroatoms. The van der Waals surface area contributed by atoms with Crippen molar-refractivity contribution < 1.29 is 18.7 Å². The quantitative estimate of drug-likeness (QED) is 0.789. The van der Waals surface area contributed by atoms with E-state index in [-0.39, 0.29) is 5.91 Å². The number of ether oxygens (including phenoxy) is 2. The van der Waals surface area contributed by atoms with Gasteiger partial charge in [-0.2, -0.15) is 0 Å². The molecule has 0 fully saturated rings. The van der Waals surface area contributed by atoms with Crippen molar-refractivity contribution in [1.29, 1.82) is 0 Å². The minimum Gasteiger partial charge on any atom is -0.486 e. The number of carbonyl (C=O) groups is 1. The largest absolute Gasteiger partial charge is 0.486 e. The van der Waals surface area contributed by atoms with E-state index in [1.807, 2.05) is 24.3 Å². The number of rotatable bonds is 4. The third kappa shape index (κ3) is 2.98. The Hall–Kier alpha value is -2.80. The topological polar surface area (TPSA) is 73.6 Å². The van der Waals surface area contributed by atoms with E-state index in [1.54, 1.807) is 17.7 Å². The summed E-state index contributed by atoms with van der Waals surface area (Å²) < 4.78 is 16.3. The van der Waals surface area contributed by atoms with Crippen LogP contribution in [0.5, 0.6) is 11.5 Å². The van der Waals surface area contributed by atoms with Crippen LogP contribution < -0.4 is 14.8 Å². The van der Waals surface area contributed by atoms with E-state index in [1.165, 1.54) is 11.3 Å². The van der Waals surface area contributed by atoms with E-state index in [0.717, 1.165) is 11.3 Å². The Morgan fingerprint density at radius 1 is 1.21 bits per heavy atom. The smallest absolute Gasteiger partial charge is 0.271 e. The maximum absolute atomic E-state index is 12.2. The van der Waals surface area contributed by atoms with Gasteiger partial charge in [-0.15, -0.1) is 11.3 Å². The van der Waals surface area contributed by atoms with Gasteiger partial charge in [-0.3, -0.25) is 4.79 Å². The molecule has 0 aliphatic carbocycles. The number of thiazole rings is 1. The summed E-state index contributed by atoms with van der Waals surface area (Å²) in [6.07, 6.45) is 1.58. The molecule has 122 valence electrons. The number of nitrogens with one attached hydrogen (secondary N) is 1. The molecular weight excluding hydrogens is 328 g/mol. The van der Waals surface area contributed by atoms with Gasteiger partial charge in [-0.25, -0.2) is 4.98 Å². The first kappa shape index (κ1) is 14.8. The van der Waals surface area contributed by atoms with Gasteiger partial charge in [0, 0.05) is 11.9 Å². The van der Waals surface area contributed by atoms with Crippen LogP contribution in [-0.2, 0) is 6.54 Å². The minimum atomic E-state index is -0.223. The van der Waals surface area contributed by atoms with Gasteiger partial charge in [-0.1, -0.05) is 6.07 Å².